The smallest absolute Gasteiger partial charge is 0.144 e. The van der Waals surface area contributed by atoms with E-state index in [9.17, 15) is 0 Å². The van der Waals surface area contributed by atoms with Crippen LogP contribution < -0.4 is 5.32 Å². The molecule has 100 valence electrons. The molecule has 19 heavy (non-hydrogen) atoms. The van der Waals surface area contributed by atoms with E-state index in [1.165, 1.54) is 16.8 Å². The molecule has 2 aromatic rings. The molecule has 0 radical (unpaired) electrons. The lowest BCUT2D eigenvalue weighted by atomic mass is 10.0. The summed E-state index contributed by atoms with van der Waals surface area (Å²) in [5, 5.41) is 3.46. The first-order chi connectivity index (χ1) is 9.15. The Morgan fingerprint density at radius 1 is 1.11 bits per heavy atom. The molecule has 0 spiro atoms. The lowest BCUT2D eigenvalue weighted by Gasteiger charge is -2.15. The number of nitrogens with one attached hydrogen (secondary N) is 1. The number of hydrogen-bond donors (Lipinski definition) is 1. The van der Waals surface area contributed by atoms with Gasteiger partial charge in [-0.15, -0.1) is 0 Å². The highest BCUT2D eigenvalue weighted by atomic mass is 79.9. The summed E-state index contributed by atoms with van der Waals surface area (Å²) in [5.41, 5.74) is 3.81. The maximum absolute atomic E-state index is 4.42. The Morgan fingerprint density at radius 3 is 2.26 bits per heavy atom. The molecule has 0 saturated carbocycles. The molecule has 1 aromatic heterocycles. The summed E-state index contributed by atoms with van der Waals surface area (Å²) in [7, 11) is 0. The monoisotopic (exact) mass is 382 g/mol. The second-order valence-corrected chi connectivity index (χ2v) is 6.04. The minimum Gasteiger partial charge on any atom is -0.339 e. The quantitative estimate of drug-likeness (QED) is 0.756. The molecule has 0 saturated heterocycles. The predicted molar refractivity (Wildman–Crippen MR) is 88.1 cm³/mol. The molecule has 2 rings (SSSR count). The van der Waals surface area contributed by atoms with Crippen molar-refractivity contribution in [1.82, 2.24) is 4.98 Å². The van der Waals surface area contributed by atoms with Gasteiger partial charge in [0.25, 0.3) is 0 Å². The topological polar surface area (TPSA) is 24.9 Å². The van der Waals surface area contributed by atoms with Crippen molar-refractivity contribution >= 4 is 43.4 Å². The van der Waals surface area contributed by atoms with Crippen molar-refractivity contribution in [1.29, 1.82) is 0 Å². The van der Waals surface area contributed by atoms with Crippen LogP contribution in [0.4, 0.5) is 11.5 Å². The molecule has 2 nitrogen and oxygen atoms in total. The lowest BCUT2D eigenvalue weighted by molar-refractivity contribution is 1.08. The molecule has 0 aliphatic rings. The molecule has 1 N–H and O–H groups in total. The van der Waals surface area contributed by atoms with Crippen molar-refractivity contribution in [3.05, 3.63) is 50.5 Å². The number of benzene rings is 1. The van der Waals surface area contributed by atoms with Gasteiger partial charge in [-0.2, -0.15) is 0 Å². The van der Waals surface area contributed by atoms with Crippen LogP contribution in [0.3, 0.4) is 0 Å². The van der Waals surface area contributed by atoms with Crippen molar-refractivity contribution in [3.63, 3.8) is 0 Å². The van der Waals surface area contributed by atoms with Gasteiger partial charge in [-0.1, -0.05) is 32.0 Å². The number of hydrogen-bond acceptors (Lipinski definition) is 2. The summed E-state index contributed by atoms with van der Waals surface area (Å²) in [6.45, 7) is 4.34. The first kappa shape index (κ1) is 14.5. The first-order valence-corrected chi connectivity index (χ1v) is 7.93. The molecule has 1 aromatic carbocycles. The van der Waals surface area contributed by atoms with Crippen LogP contribution in [0.15, 0.2) is 39.4 Å². The molecule has 4 heteroatoms. The minimum atomic E-state index is 0.846. The molecule has 0 atom stereocenters. The Bertz CT molecular complexity index is 560. The molecule has 0 aliphatic heterocycles. The van der Waals surface area contributed by atoms with Crippen molar-refractivity contribution in [2.24, 2.45) is 0 Å². The molecule has 0 unspecified atom stereocenters. The van der Waals surface area contributed by atoms with Crippen LogP contribution in [0.1, 0.15) is 25.0 Å². The van der Waals surface area contributed by atoms with Crippen LogP contribution >= 0.6 is 31.9 Å². The van der Waals surface area contributed by atoms with Gasteiger partial charge in [-0.25, -0.2) is 4.98 Å². The fourth-order valence-corrected chi connectivity index (χ4v) is 3.11. The number of aryl methyl sites for hydroxylation is 2. The molecule has 0 aliphatic carbocycles. The summed E-state index contributed by atoms with van der Waals surface area (Å²) in [4.78, 5) is 4.42. The summed E-state index contributed by atoms with van der Waals surface area (Å²) in [6, 6.07) is 8.44. The van der Waals surface area contributed by atoms with Crippen LogP contribution in [-0.4, -0.2) is 4.98 Å². The fourth-order valence-electron chi connectivity index (χ4n) is 2.03. The van der Waals surface area contributed by atoms with E-state index in [-0.39, 0.29) is 0 Å². The van der Waals surface area contributed by atoms with Gasteiger partial charge in [0, 0.05) is 16.4 Å². The maximum Gasteiger partial charge on any atom is 0.144 e. The Morgan fingerprint density at radius 2 is 1.74 bits per heavy atom. The summed E-state index contributed by atoms with van der Waals surface area (Å²) in [5.74, 6) is 0.846. The van der Waals surface area contributed by atoms with Crippen LogP contribution in [0.25, 0.3) is 0 Å². The van der Waals surface area contributed by atoms with Gasteiger partial charge in [0.2, 0.25) is 0 Å². The van der Waals surface area contributed by atoms with E-state index in [1.54, 1.807) is 6.20 Å². The summed E-state index contributed by atoms with van der Waals surface area (Å²) < 4.78 is 1.92. The van der Waals surface area contributed by atoms with E-state index < -0.39 is 0 Å². The predicted octanol–water partition coefficient (Wildman–Crippen LogP) is 5.48. The Labute approximate surface area is 130 Å². The number of halogens is 2. The molecule has 0 bridgehead atoms. The van der Waals surface area contributed by atoms with Gasteiger partial charge in [0.05, 0.1) is 4.47 Å². The number of pyridine rings is 1. The highest BCUT2D eigenvalue weighted by Gasteiger charge is 2.09. The zero-order valence-electron chi connectivity index (χ0n) is 11.0. The van der Waals surface area contributed by atoms with Crippen molar-refractivity contribution in [3.8, 4) is 0 Å². The number of rotatable bonds is 4. The highest BCUT2D eigenvalue weighted by Crippen LogP contribution is 2.30. The van der Waals surface area contributed by atoms with Crippen molar-refractivity contribution in [2.45, 2.75) is 26.7 Å². The van der Waals surface area contributed by atoms with Crippen LogP contribution in [0.5, 0.6) is 0 Å². The van der Waals surface area contributed by atoms with E-state index in [0.717, 1.165) is 27.6 Å². The molecular formula is C15H16Br2N2. The number of aromatic nitrogens is 1. The lowest BCUT2D eigenvalue weighted by Crippen LogP contribution is -2.02. The molecule has 0 amide bonds. The SMILES string of the molecule is CCc1cccc(CC)c1Nc1ncc(Br)cc1Br. The van der Waals surface area contributed by atoms with Crippen LogP contribution in [0.2, 0.25) is 0 Å². The Kier molecular flexibility index (Phi) is 4.99. The highest BCUT2D eigenvalue weighted by molar-refractivity contribution is 9.11. The average Bonchev–Trinajstić information content (AvgIpc) is 2.42. The number of para-hydroxylation sites is 1. The van der Waals surface area contributed by atoms with Crippen LogP contribution in [-0.2, 0) is 12.8 Å². The molecule has 0 fully saturated rings. The van der Waals surface area contributed by atoms with E-state index in [1.807, 2.05) is 6.07 Å². The van der Waals surface area contributed by atoms with Gasteiger partial charge in [-0.3, -0.25) is 0 Å². The third kappa shape index (κ3) is 3.37. The second-order valence-electron chi connectivity index (χ2n) is 4.27. The Hall–Kier alpha value is -0.870. The van der Waals surface area contributed by atoms with Gasteiger partial charge in [0.1, 0.15) is 5.82 Å². The molecule has 1 heterocycles. The summed E-state index contributed by atoms with van der Waals surface area (Å²) >= 11 is 6.96. The van der Waals surface area contributed by atoms with Crippen molar-refractivity contribution < 1.29 is 0 Å². The third-order valence-electron chi connectivity index (χ3n) is 3.05. The Balaban J connectivity index is 2.42. The minimum absolute atomic E-state index is 0.846. The van der Waals surface area contributed by atoms with Crippen molar-refractivity contribution in [2.75, 3.05) is 5.32 Å². The second kappa shape index (κ2) is 6.53. The molecular weight excluding hydrogens is 368 g/mol. The zero-order valence-corrected chi connectivity index (χ0v) is 14.2. The standard InChI is InChI=1S/C15H16Br2N2/c1-3-10-6-5-7-11(4-2)14(10)19-15-13(17)8-12(16)9-18-15/h5-9H,3-4H2,1-2H3,(H,18,19). The number of anilines is 2. The summed E-state index contributed by atoms with van der Waals surface area (Å²) in [6.07, 6.45) is 3.81. The average molecular weight is 384 g/mol. The van der Waals surface area contributed by atoms with Gasteiger partial charge < -0.3 is 5.32 Å². The van der Waals surface area contributed by atoms with E-state index in [4.69, 9.17) is 0 Å². The maximum atomic E-state index is 4.42. The van der Waals surface area contributed by atoms with Gasteiger partial charge in [-0.05, 0) is 61.9 Å². The van der Waals surface area contributed by atoms with E-state index in [0.29, 0.717) is 0 Å². The van der Waals surface area contributed by atoms with E-state index >= 15 is 0 Å². The largest absolute Gasteiger partial charge is 0.339 e. The third-order valence-corrected chi connectivity index (χ3v) is 4.09. The fraction of sp³-hybridized carbons (Fsp3) is 0.267. The van der Waals surface area contributed by atoms with Gasteiger partial charge >= 0.3 is 0 Å². The normalized spacial score (nSPS) is 10.5. The zero-order chi connectivity index (χ0) is 13.8. The van der Waals surface area contributed by atoms with Crippen LogP contribution in [0, 0.1) is 0 Å². The number of nitrogens with zero attached hydrogens (tertiary/aromatic N) is 1. The van der Waals surface area contributed by atoms with Gasteiger partial charge in [0.15, 0.2) is 0 Å². The first-order valence-electron chi connectivity index (χ1n) is 6.34. The van der Waals surface area contributed by atoms with E-state index in [2.05, 4.69) is 74.2 Å².